The third-order valence-electron chi connectivity index (χ3n) is 2.68. The van der Waals surface area contributed by atoms with E-state index >= 15 is 0 Å². The lowest BCUT2D eigenvalue weighted by molar-refractivity contribution is 0.688. The lowest BCUT2D eigenvalue weighted by Gasteiger charge is -2.16. The quantitative estimate of drug-likeness (QED) is 0.734. The number of rotatable bonds is 2. The number of nitrogens with zero attached hydrogens (tertiary/aromatic N) is 1. The van der Waals surface area contributed by atoms with Crippen molar-refractivity contribution in [3.8, 4) is 0 Å². The normalized spacial score (nSPS) is 28.6. The summed E-state index contributed by atoms with van der Waals surface area (Å²) in [7, 11) is 0. The third-order valence-corrected chi connectivity index (χ3v) is 4.08. The van der Waals surface area contributed by atoms with Crippen LogP contribution >= 0.6 is 11.8 Å². The number of hydrogen-bond acceptors (Lipinski definition) is 3. The van der Waals surface area contributed by atoms with Gasteiger partial charge in [-0.1, -0.05) is 0 Å². The second-order valence-corrected chi connectivity index (χ2v) is 5.21. The van der Waals surface area contributed by atoms with Crippen molar-refractivity contribution in [2.75, 3.05) is 18.8 Å². The van der Waals surface area contributed by atoms with Crippen LogP contribution in [0, 0.1) is 0 Å². The van der Waals surface area contributed by atoms with Crippen LogP contribution < -0.4 is 5.32 Å². The molecule has 74 valence electrons. The minimum absolute atomic E-state index is 0.852. The highest BCUT2D eigenvalue weighted by Gasteiger charge is 2.15. The van der Waals surface area contributed by atoms with Gasteiger partial charge in [-0.25, -0.2) is 0 Å². The first-order chi connectivity index (χ1) is 6.45. The van der Waals surface area contributed by atoms with Gasteiger partial charge in [-0.3, -0.25) is 4.99 Å². The van der Waals surface area contributed by atoms with Crippen LogP contribution in [0.15, 0.2) is 4.99 Å². The van der Waals surface area contributed by atoms with Gasteiger partial charge in [-0.05, 0) is 31.4 Å². The zero-order chi connectivity index (χ0) is 8.93. The average Bonchev–Trinajstić information content (AvgIpc) is 2.69. The highest BCUT2D eigenvalue weighted by Crippen LogP contribution is 2.25. The Morgan fingerprint density at radius 2 is 2.38 bits per heavy atom. The van der Waals surface area contributed by atoms with Crippen LogP contribution in [-0.2, 0) is 0 Å². The lowest BCUT2D eigenvalue weighted by Crippen LogP contribution is -2.31. The molecule has 0 radical (unpaired) electrons. The van der Waals surface area contributed by atoms with Gasteiger partial charge in [-0.15, -0.1) is 0 Å². The molecular formula is C10H18N2S. The molecule has 1 saturated heterocycles. The van der Waals surface area contributed by atoms with Crippen LogP contribution in [0.2, 0.25) is 0 Å². The zero-order valence-corrected chi connectivity index (χ0v) is 8.91. The molecule has 0 aromatic heterocycles. The largest absolute Gasteiger partial charge is 0.373 e. The first kappa shape index (κ1) is 9.38. The topological polar surface area (TPSA) is 24.4 Å². The molecule has 1 fully saturated rings. The van der Waals surface area contributed by atoms with Gasteiger partial charge in [0.2, 0.25) is 0 Å². The summed E-state index contributed by atoms with van der Waals surface area (Å²) in [5, 5.41) is 4.34. The van der Waals surface area contributed by atoms with Gasteiger partial charge in [0, 0.05) is 24.8 Å². The Balaban J connectivity index is 1.68. The maximum Gasteiger partial charge on any atom is 0.0963 e. The van der Waals surface area contributed by atoms with E-state index in [9.17, 15) is 0 Å². The first-order valence-electron chi connectivity index (χ1n) is 5.34. The van der Waals surface area contributed by atoms with Crippen molar-refractivity contribution in [1.29, 1.82) is 0 Å². The van der Waals surface area contributed by atoms with Crippen molar-refractivity contribution < 1.29 is 0 Å². The second-order valence-electron chi connectivity index (χ2n) is 3.80. The molecule has 2 rings (SSSR count). The third kappa shape index (κ3) is 2.90. The maximum atomic E-state index is 4.49. The van der Waals surface area contributed by atoms with E-state index in [2.05, 4.69) is 22.1 Å². The smallest absolute Gasteiger partial charge is 0.0963 e. The fraction of sp³-hybridized carbons (Fsp3) is 0.900. The molecule has 0 aromatic rings. The van der Waals surface area contributed by atoms with Crippen molar-refractivity contribution in [1.82, 2.24) is 5.32 Å². The van der Waals surface area contributed by atoms with E-state index in [0.29, 0.717) is 0 Å². The predicted molar refractivity (Wildman–Crippen MR) is 59.6 cm³/mol. The SMILES string of the molecule is C1CCC(NCC2CCCS2)=NC1. The van der Waals surface area contributed by atoms with E-state index in [1.54, 1.807) is 0 Å². The lowest BCUT2D eigenvalue weighted by atomic mass is 10.2. The molecule has 2 heterocycles. The van der Waals surface area contributed by atoms with Crippen LogP contribution in [0.1, 0.15) is 32.1 Å². The Morgan fingerprint density at radius 1 is 1.38 bits per heavy atom. The minimum atomic E-state index is 0.852. The van der Waals surface area contributed by atoms with Gasteiger partial charge in [-0.2, -0.15) is 11.8 Å². The molecule has 2 aliphatic rings. The molecule has 1 unspecified atom stereocenters. The van der Waals surface area contributed by atoms with Crippen molar-refractivity contribution in [2.24, 2.45) is 4.99 Å². The van der Waals surface area contributed by atoms with Crippen molar-refractivity contribution in [3.63, 3.8) is 0 Å². The number of aliphatic imine (C=N–C) groups is 1. The van der Waals surface area contributed by atoms with Crippen LogP contribution in [0.3, 0.4) is 0 Å². The minimum Gasteiger partial charge on any atom is -0.373 e. The first-order valence-corrected chi connectivity index (χ1v) is 6.39. The van der Waals surface area contributed by atoms with Gasteiger partial charge in [0.05, 0.1) is 5.84 Å². The summed E-state index contributed by atoms with van der Waals surface area (Å²) in [5.74, 6) is 2.62. The van der Waals surface area contributed by atoms with E-state index in [4.69, 9.17) is 0 Å². The molecule has 0 saturated carbocycles. The zero-order valence-electron chi connectivity index (χ0n) is 8.09. The molecule has 0 aliphatic carbocycles. The molecule has 2 nitrogen and oxygen atoms in total. The van der Waals surface area contributed by atoms with Crippen LogP contribution in [-0.4, -0.2) is 29.9 Å². The van der Waals surface area contributed by atoms with E-state index in [1.165, 1.54) is 43.7 Å². The Morgan fingerprint density at radius 3 is 3.08 bits per heavy atom. The Bertz CT molecular complexity index is 185. The summed E-state index contributed by atoms with van der Waals surface area (Å²) in [4.78, 5) is 4.49. The molecular weight excluding hydrogens is 180 g/mol. The summed E-state index contributed by atoms with van der Waals surface area (Å²) >= 11 is 2.11. The maximum absolute atomic E-state index is 4.49. The molecule has 0 amide bonds. The molecule has 13 heavy (non-hydrogen) atoms. The molecule has 1 atom stereocenters. The molecule has 1 N–H and O–H groups in total. The Labute approximate surface area is 84.6 Å². The fourth-order valence-electron chi connectivity index (χ4n) is 1.88. The summed E-state index contributed by atoms with van der Waals surface area (Å²) in [6.45, 7) is 2.18. The highest BCUT2D eigenvalue weighted by atomic mass is 32.2. The van der Waals surface area contributed by atoms with E-state index in [1.807, 2.05) is 0 Å². The summed E-state index contributed by atoms with van der Waals surface area (Å²) in [5.41, 5.74) is 0. The summed E-state index contributed by atoms with van der Waals surface area (Å²) in [6, 6.07) is 0. The fourth-order valence-corrected chi connectivity index (χ4v) is 3.08. The predicted octanol–water partition coefficient (Wildman–Crippen LogP) is 2.05. The molecule has 2 aliphatic heterocycles. The molecule has 0 aromatic carbocycles. The monoisotopic (exact) mass is 198 g/mol. The molecule has 0 spiro atoms. The summed E-state index contributed by atoms with van der Waals surface area (Å²) in [6.07, 6.45) is 6.58. The van der Waals surface area contributed by atoms with Gasteiger partial charge in [0.25, 0.3) is 0 Å². The number of amidine groups is 1. The highest BCUT2D eigenvalue weighted by molar-refractivity contribution is 8.00. The number of nitrogens with one attached hydrogen (secondary N) is 1. The second kappa shape index (κ2) is 4.89. The van der Waals surface area contributed by atoms with Gasteiger partial charge in [0.1, 0.15) is 0 Å². The number of thioether (sulfide) groups is 1. The molecule has 0 bridgehead atoms. The van der Waals surface area contributed by atoms with E-state index < -0.39 is 0 Å². The van der Waals surface area contributed by atoms with Gasteiger partial charge in [0.15, 0.2) is 0 Å². The van der Waals surface area contributed by atoms with Gasteiger partial charge >= 0.3 is 0 Å². The van der Waals surface area contributed by atoms with Crippen molar-refractivity contribution >= 4 is 17.6 Å². The van der Waals surface area contributed by atoms with Crippen molar-refractivity contribution in [3.05, 3.63) is 0 Å². The summed E-state index contributed by atoms with van der Waals surface area (Å²) < 4.78 is 0. The number of hydrogen-bond donors (Lipinski definition) is 1. The Hall–Kier alpha value is -0.180. The van der Waals surface area contributed by atoms with Crippen LogP contribution in [0.25, 0.3) is 0 Å². The average molecular weight is 198 g/mol. The van der Waals surface area contributed by atoms with E-state index in [0.717, 1.165) is 18.3 Å². The van der Waals surface area contributed by atoms with Gasteiger partial charge < -0.3 is 5.32 Å². The van der Waals surface area contributed by atoms with Crippen LogP contribution in [0.5, 0.6) is 0 Å². The Kier molecular flexibility index (Phi) is 3.53. The molecule has 3 heteroatoms. The van der Waals surface area contributed by atoms with Crippen molar-refractivity contribution in [2.45, 2.75) is 37.4 Å². The standard InChI is InChI=1S/C10H18N2S/c1-2-6-11-10(5-1)12-8-9-4-3-7-13-9/h9H,1-8H2,(H,11,12). The van der Waals surface area contributed by atoms with Crippen LogP contribution in [0.4, 0.5) is 0 Å². The van der Waals surface area contributed by atoms with E-state index in [-0.39, 0.29) is 0 Å².